The first kappa shape index (κ1) is 20.1. The molecular formula is C22H24N4O3. The van der Waals surface area contributed by atoms with Crippen molar-refractivity contribution in [2.45, 2.75) is 13.3 Å². The van der Waals surface area contributed by atoms with E-state index in [-0.39, 0.29) is 5.91 Å². The number of anilines is 2. The zero-order valence-corrected chi connectivity index (χ0v) is 16.5. The summed E-state index contributed by atoms with van der Waals surface area (Å²) in [5, 5.41) is 5.99. The number of ether oxygens (including phenoxy) is 2. The van der Waals surface area contributed by atoms with Crippen LogP contribution >= 0.6 is 0 Å². The molecule has 0 aliphatic rings. The molecule has 0 radical (unpaired) electrons. The fraction of sp³-hybridized carbons (Fsp3) is 0.227. The number of rotatable bonds is 9. The summed E-state index contributed by atoms with van der Waals surface area (Å²) in [6.45, 7) is 2.98. The van der Waals surface area contributed by atoms with E-state index in [1.807, 2.05) is 55.5 Å². The summed E-state index contributed by atoms with van der Waals surface area (Å²) in [5.41, 5.74) is 2.20. The molecule has 7 heteroatoms. The molecule has 1 heterocycles. The Morgan fingerprint density at radius 2 is 1.69 bits per heavy atom. The van der Waals surface area contributed by atoms with E-state index in [2.05, 4.69) is 20.6 Å². The van der Waals surface area contributed by atoms with Crippen molar-refractivity contribution in [3.63, 3.8) is 0 Å². The van der Waals surface area contributed by atoms with Gasteiger partial charge in [-0.25, -0.2) is 9.97 Å². The number of hydrogen-bond donors (Lipinski definition) is 2. The molecule has 150 valence electrons. The van der Waals surface area contributed by atoms with Crippen molar-refractivity contribution in [2.75, 3.05) is 25.6 Å². The predicted octanol–water partition coefficient (Wildman–Crippen LogP) is 3.60. The second-order valence-electron chi connectivity index (χ2n) is 6.17. The molecule has 0 spiro atoms. The van der Waals surface area contributed by atoms with E-state index in [1.165, 1.54) is 12.4 Å². The number of hydrogen-bond acceptors (Lipinski definition) is 6. The molecule has 0 aliphatic carbocycles. The molecule has 3 rings (SSSR count). The zero-order chi connectivity index (χ0) is 20.5. The van der Waals surface area contributed by atoms with Gasteiger partial charge >= 0.3 is 0 Å². The Kier molecular flexibility index (Phi) is 7.00. The Bertz CT molecular complexity index is 945. The van der Waals surface area contributed by atoms with E-state index in [0.717, 1.165) is 22.7 Å². The van der Waals surface area contributed by atoms with Gasteiger partial charge in [-0.05, 0) is 37.1 Å². The van der Waals surface area contributed by atoms with Crippen molar-refractivity contribution in [1.29, 1.82) is 0 Å². The second-order valence-corrected chi connectivity index (χ2v) is 6.17. The van der Waals surface area contributed by atoms with Gasteiger partial charge in [0, 0.05) is 18.9 Å². The van der Waals surface area contributed by atoms with Gasteiger partial charge in [0.25, 0.3) is 5.91 Å². The molecule has 2 aromatic carbocycles. The Balaban J connectivity index is 1.56. The average molecular weight is 392 g/mol. The Labute approximate surface area is 170 Å². The van der Waals surface area contributed by atoms with Gasteiger partial charge in [-0.3, -0.25) is 4.79 Å². The minimum absolute atomic E-state index is 0.221. The maximum Gasteiger partial charge on any atom is 0.254 e. The van der Waals surface area contributed by atoms with Crippen LogP contribution in [0.2, 0.25) is 0 Å². The normalized spacial score (nSPS) is 10.3. The zero-order valence-electron chi connectivity index (χ0n) is 16.5. The molecule has 0 unspecified atom stereocenters. The summed E-state index contributed by atoms with van der Waals surface area (Å²) >= 11 is 0. The molecule has 1 amide bonds. The summed E-state index contributed by atoms with van der Waals surface area (Å²) in [5.74, 6) is 1.70. The highest BCUT2D eigenvalue weighted by molar-refractivity contribution is 5.93. The molecule has 0 saturated heterocycles. The van der Waals surface area contributed by atoms with E-state index in [1.54, 1.807) is 7.11 Å². The lowest BCUT2D eigenvalue weighted by Gasteiger charge is -2.11. The molecule has 7 nitrogen and oxygen atoms in total. The predicted molar refractivity (Wildman–Crippen MR) is 112 cm³/mol. The van der Waals surface area contributed by atoms with Crippen LogP contribution in [0, 0.1) is 0 Å². The molecule has 1 aromatic heterocycles. The number of carbonyl (C=O) groups is 1. The minimum atomic E-state index is -0.221. The van der Waals surface area contributed by atoms with Gasteiger partial charge in [-0.2, -0.15) is 0 Å². The van der Waals surface area contributed by atoms with E-state index in [9.17, 15) is 4.79 Å². The number of methoxy groups -OCH3 is 1. The van der Waals surface area contributed by atoms with Gasteiger partial charge in [0.1, 0.15) is 11.5 Å². The lowest BCUT2D eigenvalue weighted by Crippen LogP contribution is -2.26. The third kappa shape index (κ3) is 5.44. The quantitative estimate of drug-likeness (QED) is 0.579. The second kappa shape index (κ2) is 10.1. The maximum absolute atomic E-state index is 12.3. The van der Waals surface area contributed by atoms with Crippen molar-refractivity contribution in [3.8, 4) is 11.5 Å². The van der Waals surface area contributed by atoms with Crippen LogP contribution in [0.1, 0.15) is 22.8 Å². The van der Waals surface area contributed by atoms with Gasteiger partial charge in [0.2, 0.25) is 5.95 Å². The third-order valence-electron chi connectivity index (χ3n) is 4.22. The van der Waals surface area contributed by atoms with Gasteiger partial charge in [0.05, 0.1) is 25.0 Å². The third-order valence-corrected chi connectivity index (χ3v) is 4.22. The highest BCUT2D eigenvalue weighted by atomic mass is 16.5. The number of carbonyl (C=O) groups excluding carboxylic acids is 1. The highest BCUT2D eigenvalue weighted by Crippen LogP contribution is 2.25. The smallest absolute Gasteiger partial charge is 0.254 e. The molecular weight excluding hydrogens is 368 g/mol. The standard InChI is InChI=1S/C22H24N4O3/c1-3-29-20-11-7-5-9-18(20)26-22-24-14-17(15-25-22)21(27)23-13-12-16-8-4-6-10-19(16)28-2/h4-11,14-15H,3,12-13H2,1-2H3,(H,23,27)(H,24,25,26). The van der Waals surface area contributed by atoms with Crippen LogP contribution in [0.3, 0.4) is 0 Å². The van der Waals surface area contributed by atoms with Crippen LogP contribution in [0.15, 0.2) is 60.9 Å². The highest BCUT2D eigenvalue weighted by Gasteiger charge is 2.09. The molecule has 0 bridgehead atoms. The fourth-order valence-corrected chi connectivity index (χ4v) is 2.80. The SMILES string of the molecule is CCOc1ccccc1Nc1ncc(C(=O)NCCc2ccccc2OC)cn1. The number of amides is 1. The van der Waals surface area contributed by atoms with Gasteiger partial charge in [0.15, 0.2) is 0 Å². The summed E-state index contributed by atoms with van der Waals surface area (Å²) in [4.78, 5) is 20.8. The van der Waals surface area contributed by atoms with Crippen LogP contribution in [0.4, 0.5) is 11.6 Å². The molecule has 0 fully saturated rings. The Morgan fingerprint density at radius 3 is 2.41 bits per heavy atom. The van der Waals surface area contributed by atoms with E-state index in [0.29, 0.717) is 31.1 Å². The summed E-state index contributed by atoms with van der Waals surface area (Å²) in [6, 6.07) is 15.3. The number of aromatic nitrogens is 2. The molecule has 3 aromatic rings. The van der Waals surface area contributed by atoms with Crippen LogP contribution in [-0.4, -0.2) is 36.1 Å². The van der Waals surface area contributed by atoms with Crippen molar-refractivity contribution >= 4 is 17.5 Å². The van der Waals surface area contributed by atoms with Crippen molar-refractivity contribution in [1.82, 2.24) is 15.3 Å². The molecule has 2 N–H and O–H groups in total. The first-order chi connectivity index (χ1) is 14.2. The summed E-state index contributed by atoms with van der Waals surface area (Å²) in [6.07, 6.45) is 3.67. The first-order valence-corrected chi connectivity index (χ1v) is 9.42. The van der Waals surface area contributed by atoms with Crippen LogP contribution in [-0.2, 0) is 6.42 Å². The van der Waals surface area contributed by atoms with E-state index < -0.39 is 0 Å². The topological polar surface area (TPSA) is 85.4 Å². The minimum Gasteiger partial charge on any atom is -0.496 e. The molecule has 0 aliphatic heterocycles. The van der Waals surface area contributed by atoms with Gasteiger partial charge in [-0.15, -0.1) is 0 Å². The average Bonchev–Trinajstić information content (AvgIpc) is 2.76. The fourth-order valence-electron chi connectivity index (χ4n) is 2.80. The van der Waals surface area contributed by atoms with Crippen LogP contribution in [0.25, 0.3) is 0 Å². The van der Waals surface area contributed by atoms with Crippen molar-refractivity contribution in [3.05, 3.63) is 72.1 Å². The Hall–Kier alpha value is -3.61. The van der Waals surface area contributed by atoms with Crippen molar-refractivity contribution < 1.29 is 14.3 Å². The number of nitrogens with one attached hydrogen (secondary N) is 2. The summed E-state index contributed by atoms with van der Waals surface area (Å²) in [7, 11) is 1.64. The lowest BCUT2D eigenvalue weighted by molar-refractivity contribution is 0.0953. The van der Waals surface area contributed by atoms with Crippen LogP contribution < -0.4 is 20.1 Å². The van der Waals surface area contributed by atoms with Gasteiger partial charge in [-0.1, -0.05) is 30.3 Å². The molecule has 0 saturated carbocycles. The van der Waals surface area contributed by atoms with Crippen molar-refractivity contribution in [2.24, 2.45) is 0 Å². The Morgan fingerprint density at radius 1 is 1.00 bits per heavy atom. The molecule has 29 heavy (non-hydrogen) atoms. The van der Waals surface area contributed by atoms with E-state index in [4.69, 9.17) is 9.47 Å². The number of nitrogens with zero attached hydrogens (tertiary/aromatic N) is 2. The number of benzene rings is 2. The maximum atomic E-state index is 12.3. The first-order valence-electron chi connectivity index (χ1n) is 9.42. The summed E-state index contributed by atoms with van der Waals surface area (Å²) < 4.78 is 10.9. The molecule has 0 atom stereocenters. The van der Waals surface area contributed by atoms with Crippen LogP contribution in [0.5, 0.6) is 11.5 Å². The largest absolute Gasteiger partial charge is 0.496 e. The van der Waals surface area contributed by atoms with Gasteiger partial charge < -0.3 is 20.1 Å². The lowest BCUT2D eigenvalue weighted by atomic mass is 10.1. The number of para-hydroxylation sites is 3. The monoisotopic (exact) mass is 392 g/mol. The van der Waals surface area contributed by atoms with E-state index >= 15 is 0 Å².